The van der Waals surface area contributed by atoms with Crippen LogP contribution in [0.2, 0.25) is 0 Å². The predicted octanol–water partition coefficient (Wildman–Crippen LogP) is 10.5. The lowest BCUT2D eigenvalue weighted by Crippen LogP contribution is -2.47. The maximum Gasteiger partial charge on any atom is 0.312 e. The molecule has 15 saturated heterocycles. The van der Waals surface area contributed by atoms with Gasteiger partial charge < -0.3 is 59.4 Å². The van der Waals surface area contributed by atoms with Gasteiger partial charge in [-0.1, -0.05) is 85.1 Å². The summed E-state index contributed by atoms with van der Waals surface area (Å²) in [5.74, 6) is 2.23. The minimum absolute atomic E-state index is 0.0235. The summed E-state index contributed by atoms with van der Waals surface area (Å²) < 4.78 is 28.9. The minimum atomic E-state index is -0.755. The van der Waals surface area contributed by atoms with Crippen LogP contribution in [-0.4, -0.2) is 202 Å². The van der Waals surface area contributed by atoms with Gasteiger partial charge in [-0.25, -0.2) is 0 Å². The van der Waals surface area contributed by atoms with Crippen molar-refractivity contribution in [3.05, 3.63) is 85.1 Å². The molecule has 2 saturated carbocycles. The Kier molecular flexibility index (Phi) is 16.4. The van der Waals surface area contributed by atoms with E-state index in [2.05, 4.69) is 90.4 Å². The molecule has 0 aromatic carbocycles. The van der Waals surface area contributed by atoms with Gasteiger partial charge in [0.2, 0.25) is 0 Å². The van der Waals surface area contributed by atoms with Gasteiger partial charge in [-0.05, 0) is 128 Å². The molecule has 0 radical (unpaired) electrons. The second kappa shape index (κ2) is 23.9. The van der Waals surface area contributed by atoms with Crippen molar-refractivity contribution in [3.63, 3.8) is 0 Å². The highest BCUT2D eigenvalue weighted by atomic mass is 32.2. The van der Waals surface area contributed by atoms with Crippen molar-refractivity contribution in [1.29, 1.82) is 0 Å². The molecule has 22 heterocycles. The van der Waals surface area contributed by atoms with Crippen molar-refractivity contribution in [2.24, 2.45) is 109 Å². The van der Waals surface area contributed by atoms with Crippen molar-refractivity contribution in [3.8, 4) is 0 Å². The van der Waals surface area contributed by atoms with Gasteiger partial charge in [0.25, 0.3) is 0 Å². The molecular weight excluding hydrogens is 1410 g/mol. The molecule has 0 spiro atoms. The van der Waals surface area contributed by atoms with Gasteiger partial charge in [0.15, 0.2) is 0 Å². The average molecular weight is 1500 g/mol. The number of carbonyl (C=O) groups is 7. The first kappa shape index (κ1) is 69.1. The highest BCUT2D eigenvalue weighted by molar-refractivity contribution is 8.03. The second-order valence-corrected chi connectivity index (χ2v) is 43.0. The summed E-state index contributed by atoms with van der Waals surface area (Å²) in [4.78, 5) is 78.5. The summed E-state index contributed by atoms with van der Waals surface area (Å²) in [5.41, 5.74) is -3.53. The molecule has 0 aromatic rings. The molecule has 22 aliphatic heterocycles. The lowest BCUT2D eigenvalue weighted by atomic mass is 9.63. The van der Waals surface area contributed by atoms with Crippen LogP contribution in [0.4, 0.5) is 0 Å². The maximum atomic E-state index is 11.5. The van der Waals surface area contributed by atoms with Crippen LogP contribution in [0.1, 0.15) is 92.9 Å². The van der Waals surface area contributed by atoms with E-state index in [1.165, 1.54) is 6.42 Å². The van der Waals surface area contributed by atoms with Crippen LogP contribution in [0.5, 0.6) is 0 Å². The molecule has 0 amide bonds. The number of carboxylic acid groups (broad SMARTS) is 7. The zero-order valence-corrected chi connectivity index (χ0v) is 61.8. The molecule has 41 atom stereocenters. The van der Waals surface area contributed by atoms with Gasteiger partial charge in [-0.3, -0.25) is 33.6 Å². The Morgan fingerprint density at radius 1 is 0.347 bits per heavy atom. The lowest BCUT2D eigenvalue weighted by molar-refractivity contribution is -0.153. The lowest BCUT2D eigenvalue weighted by Gasteiger charge is -2.38. The van der Waals surface area contributed by atoms with E-state index in [1.54, 1.807) is 18.7 Å². The van der Waals surface area contributed by atoms with Gasteiger partial charge >= 0.3 is 41.8 Å². The van der Waals surface area contributed by atoms with Crippen LogP contribution < -0.4 is 0 Å². The Hall–Kier alpha value is -3.63. The quantitative estimate of drug-likeness (QED) is 0.117. The summed E-state index contributed by atoms with van der Waals surface area (Å²) in [5, 5.41) is 70.8. The van der Waals surface area contributed by atoms with E-state index in [0.29, 0.717) is 120 Å². The van der Waals surface area contributed by atoms with E-state index >= 15 is 0 Å². The molecule has 101 heavy (non-hydrogen) atoms. The Bertz CT molecular complexity index is 3430. The van der Waals surface area contributed by atoms with Crippen molar-refractivity contribution in [2.45, 2.75) is 217 Å². The largest absolute Gasteiger partial charge is 0.481 e. The number of hydrogen-bond donors (Lipinski definition) is 7. The summed E-state index contributed by atoms with van der Waals surface area (Å²) >= 11 is 11.8. The summed E-state index contributed by atoms with van der Waals surface area (Å²) in [6.07, 6.45) is 37.5. The third-order valence-corrected chi connectivity index (χ3v) is 39.8. The average Bonchev–Trinajstić information content (AvgIpc) is 1.57. The Labute approximate surface area is 612 Å². The number of fused-ring (bicyclic) bond motifs is 49. The first-order valence-corrected chi connectivity index (χ1v) is 42.2. The number of aliphatic carboxylic acids is 7. The number of hydrogen-bond acceptors (Lipinski definition) is 18. The molecule has 0 aromatic heterocycles. The van der Waals surface area contributed by atoms with Gasteiger partial charge in [-0.2, -0.15) is 23.5 Å². The van der Waals surface area contributed by atoms with Crippen molar-refractivity contribution < 1.29 is 93.0 Å². The standard InChI is InChI=1S/C12H14O4.2C12H14O3S.C12H14O2S2.C12H14O2S.C8H10O3.C8H10O2S/c1-12(11(13)14)4-7-8-5-2-3-6(15-5)9(8)10(12)16-7;1-12(11(13)14)4-5-8-6-2-3-7(16-6)9(8)10(12)15-5;2*1-12(11(13)14)4-7-8-5-2-3-6(15-5)9(8)10(12)16-7;13-12(14)7-4-5-3-6(7)11-9-2-1-8(15-9)10(5)11;2*1-8(7(9)10)4-5-2-3-6(8)11-5/h4*2-3,5-10H,4H2,1H3,(H,13,14);1-2,5-11H,3-4H2,(H,13,14);2*2-3,5-6H,4H2,1H3,(H,9,10). The normalized spacial score (nSPS) is 57.3. The Balaban J connectivity index is 0.0000000851. The van der Waals surface area contributed by atoms with Crippen molar-refractivity contribution in [1.82, 2.24) is 0 Å². The molecule has 25 heteroatoms. The zero-order valence-electron chi connectivity index (χ0n) is 56.9. The molecule has 24 aliphatic rings. The molecule has 24 rings (SSSR count). The van der Waals surface area contributed by atoms with Crippen LogP contribution in [0, 0.1) is 109 Å². The number of ether oxygens (including phenoxy) is 5. The van der Waals surface area contributed by atoms with Crippen LogP contribution in [0.15, 0.2) is 85.1 Å². The molecule has 41 unspecified atom stereocenters. The minimum Gasteiger partial charge on any atom is -0.481 e. The fourth-order valence-electron chi connectivity index (χ4n) is 24.4. The van der Waals surface area contributed by atoms with E-state index in [4.69, 9.17) is 33.9 Å². The predicted molar refractivity (Wildman–Crippen MR) is 383 cm³/mol. The van der Waals surface area contributed by atoms with Crippen LogP contribution in [-0.2, 0) is 57.2 Å². The first-order chi connectivity index (χ1) is 47.9. The van der Waals surface area contributed by atoms with E-state index in [0.717, 1.165) is 42.8 Å². The molecule has 17 fully saturated rings. The monoisotopic (exact) mass is 1500 g/mol. The third-order valence-electron chi connectivity index (χ3n) is 29.5. The Morgan fingerprint density at radius 2 is 0.812 bits per heavy atom. The van der Waals surface area contributed by atoms with E-state index in [9.17, 15) is 59.1 Å². The van der Waals surface area contributed by atoms with Crippen LogP contribution in [0.3, 0.4) is 0 Å². The molecule has 19 nitrogen and oxygen atoms in total. The van der Waals surface area contributed by atoms with E-state index in [-0.39, 0.29) is 83.4 Å². The highest BCUT2D eigenvalue weighted by Crippen LogP contribution is 2.72. The molecule has 2 aliphatic carbocycles. The Morgan fingerprint density at radius 3 is 1.30 bits per heavy atom. The van der Waals surface area contributed by atoms with Gasteiger partial charge in [-0.15, -0.1) is 47.0 Å². The number of carboxylic acids is 7. The second-order valence-electron chi connectivity index (χ2n) is 34.8. The van der Waals surface area contributed by atoms with Gasteiger partial charge in [0.05, 0.1) is 99.4 Å². The van der Waals surface area contributed by atoms with Crippen molar-refractivity contribution in [2.75, 3.05) is 0 Å². The smallest absolute Gasteiger partial charge is 0.312 e. The summed E-state index contributed by atoms with van der Waals surface area (Å²) in [6.45, 7) is 11.1. The third kappa shape index (κ3) is 9.97. The number of rotatable bonds is 7. The maximum absolute atomic E-state index is 11.5. The van der Waals surface area contributed by atoms with Crippen LogP contribution in [0.25, 0.3) is 0 Å². The fourth-order valence-corrected chi connectivity index (χ4v) is 36.4. The van der Waals surface area contributed by atoms with E-state index < -0.39 is 74.3 Å². The first-order valence-electron chi connectivity index (χ1n) is 36.6. The topological polar surface area (TPSA) is 307 Å². The SMILES string of the molecule is CC1(C(=O)O)CC2C=CC1O2.CC1(C(=O)O)CC2C=CC1S2.CC1(C(=O)O)CC2OC1C1C3C=CC(O3)C21.CC1(C(=O)O)CC2OC1C1C3C=CC(S3)C21.CC1(C(=O)O)CC2SC1C1C3C=CC(O3)C21.CC1(C(=O)O)CC2SC1C1C3C=CC(S3)C21.O=C(O)C1CC2CC1C1C3C=CC(S3)C21. The molecule has 7 N–H and O–H groups in total. The summed E-state index contributed by atoms with van der Waals surface area (Å²) in [6, 6.07) is 0. The van der Waals surface area contributed by atoms with Gasteiger partial charge in [0, 0.05) is 98.5 Å². The zero-order chi connectivity index (χ0) is 70.6. The highest BCUT2D eigenvalue weighted by Gasteiger charge is 2.73. The fraction of sp³-hybridized carbons (Fsp3) is 0.724. The van der Waals surface area contributed by atoms with Crippen LogP contribution >= 0.6 is 70.6 Å². The van der Waals surface area contributed by atoms with E-state index in [1.807, 2.05) is 88.1 Å². The molecular formula is C76H90O19S6. The number of thioether (sulfide) groups is 6. The summed E-state index contributed by atoms with van der Waals surface area (Å²) in [7, 11) is 0. The molecule has 24 bridgehead atoms. The molecule has 544 valence electrons. The van der Waals surface area contributed by atoms with Crippen molar-refractivity contribution >= 4 is 112 Å². The van der Waals surface area contributed by atoms with Gasteiger partial charge in [0.1, 0.15) is 0 Å².